The maximum Gasteiger partial charge on any atom is 0.303 e. The Balaban J connectivity index is 0. The maximum atomic E-state index is 9.82. The average molecular weight is 203 g/mol. The summed E-state index contributed by atoms with van der Waals surface area (Å²) in [5.74, 6) is -0.424. The van der Waals surface area contributed by atoms with Crippen LogP contribution in [-0.2, 0) is 14.3 Å². The van der Waals surface area contributed by atoms with Crippen molar-refractivity contribution in [3.05, 3.63) is 0 Å². The van der Waals surface area contributed by atoms with Gasteiger partial charge in [0, 0.05) is 6.92 Å². The lowest BCUT2D eigenvalue weighted by molar-refractivity contribution is -0.143. The van der Waals surface area contributed by atoms with Gasteiger partial charge < -0.3 is 9.64 Å². The van der Waals surface area contributed by atoms with Gasteiger partial charge in [0.05, 0.1) is 0 Å². The van der Waals surface area contributed by atoms with Gasteiger partial charge >= 0.3 is 5.97 Å². The van der Waals surface area contributed by atoms with Crippen LogP contribution < -0.4 is 0 Å². The maximum absolute atomic E-state index is 9.82. The third-order valence-corrected chi connectivity index (χ3v) is 1.70. The number of carbonyl (C=O) groups excluding carboxylic acids is 2. The molecule has 0 aromatic rings. The molecule has 0 amide bonds. The minimum Gasteiger partial charge on any atom is -0.458 e. The fraction of sp³-hybridized carbons (Fsp3) is 0.800. The molecule has 0 atom stereocenters. The largest absolute Gasteiger partial charge is 0.458 e. The van der Waals surface area contributed by atoms with Crippen molar-refractivity contribution in [2.24, 2.45) is 0 Å². The molecule has 0 aromatic heterocycles. The van der Waals surface area contributed by atoms with E-state index in [4.69, 9.17) is 0 Å². The van der Waals surface area contributed by atoms with Crippen LogP contribution in [-0.4, -0.2) is 43.4 Å². The van der Waals surface area contributed by atoms with Crippen molar-refractivity contribution in [3.63, 3.8) is 0 Å². The van der Waals surface area contributed by atoms with Crippen molar-refractivity contribution in [1.29, 1.82) is 0 Å². The van der Waals surface area contributed by atoms with Gasteiger partial charge in [0.25, 0.3) is 0 Å². The molecule has 0 aromatic carbocycles. The van der Waals surface area contributed by atoms with E-state index in [1.54, 1.807) is 0 Å². The summed E-state index contributed by atoms with van der Waals surface area (Å²) in [5.41, 5.74) is 0. The number of hydrogen-bond acceptors (Lipinski definition) is 4. The van der Waals surface area contributed by atoms with E-state index < -0.39 is 5.97 Å². The van der Waals surface area contributed by atoms with E-state index in [0.717, 1.165) is 0 Å². The number of hydrogen-bond donors (Lipinski definition) is 0. The molecule has 0 N–H and O–H groups in total. The Hall–Kier alpha value is -0.900. The van der Waals surface area contributed by atoms with Gasteiger partial charge in [0.2, 0.25) is 0 Å². The Morgan fingerprint density at radius 3 is 1.71 bits per heavy atom. The zero-order valence-corrected chi connectivity index (χ0v) is 9.58. The second-order valence-corrected chi connectivity index (χ2v) is 2.59. The van der Waals surface area contributed by atoms with E-state index in [-0.39, 0.29) is 6.61 Å². The second kappa shape index (κ2) is 12.1. The molecule has 0 bridgehead atoms. The SMILES string of the molecule is CC(=O)OCC=O.CCN(CC)CC. The Labute approximate surface area is 86.2 Å². The van der Waals surface area contributed by atoms with Crippen LogP contribution in [0.25, 0.3) is 0 Å². The molecule has 0 heterocycles. The van der Waals surface area contributed by atoms with Gasteiger partial charge in [-0.3, -0.25) is 9.59 Å². The van der Waals surface area contributed by atoms with Gasteiger partial charge in [0.1, 0.15) is 6.61 Å². The molecule has 0 fully saturated rings. The predicted molar refractivity (Wildman–Crippen MR) is 56.2 cm³/mol. The van der Waals surface area contributed by atoms with Crippen LogP contribution >= 0.6 is 0 Å². The topological polar surface area (TPSA) is 46.6 Å². The molecule has 84 valence electrons. The Kier molecular flexibility index (Phi) is 13.5. The molecule has 0 spiro atoms. The minimum absolute atomic E-state index is 0.130. The lowest BCUT2D eigenvalue weighted by Gasteiger charge is -2.13. The lowest BCUT2D eigenvalue weighted by atomic mass is 10.5. The second-order valence-electron chi connectivity index (χ2n) is 2.59. The number of nitrogens with zero attached hydrogens (tertiary/aromatic N) is 1. The number of esters is 1. The van der Waals surface area contributed by atoms with E-state index in [1.807, 2.05) is 0 Å². The van der Waals surface area contributed by atoms with Crippen molar-refractivity contribution in [2.75, 3.05) is 26.2 Å². The summed E-state index contributed by atoms with van der Waals surface area (Å²) >= 11 is 0. The first-order chi connectivity index (χ1) is 6.62. The molecule has 4 heteroatoms. The van der Waals surface area contributed by atoms with E-state index in [9.17, 15) is 9.59 Å². The zero-order valence-electron chi connectivity index (χ0n) is 9.58. The van der Waals surface area contributed by atoms with Gasteiger partial charge in [-0.25, -0.2) is 0 Å². The molecule has 0 aliphatic heterocycles. The van der Waals surface area contributed by atoms with Crippen LogP contribution in [0.1, 0.15) is 27.7 Å². The first-order valence-electron chi connectivity index (χ1n) is 4.91. The predicted octanol–water partition coefficient (Wildman–Crippen LogP) is 1.10. The average Bonchev–Trinajstić information content (AvgIpc) is 2.18. The molecule has 0 unspecified atom stereocenters. The van der Waals surface area contributed by atoms with Crippen LogP contribution in [0.2, 0.25) is 0 Å². The highest BCUT2D eigenvalue weighted by atomic mass is 16.5. The number of carbonyl (C=O) groups is 2. The van der Waals surface area contributed by atoms with Gasteiger partial charge in [0.15, 0.2) is 6.29 Å². The summed E-state index contributed by atoms with van der Waals surface area (Å²) < 4.78 is 4.18. The highest BCUT2D eigenvalue weighted by Gasteiger charge is 1.89. The zero-order chi connectivity index (χ0) is 11.4. The van der Waals surface area contributed by atoms with Gasteiger partial charge in [-0.2, -0.15) is 0 Å². The standard InChI is InChI=1S/C6H15N.C4H6O3/c1-4-7(5-2)6-3;1-4(6)7-3-2-5/h4-6H2,1-3H3;2H,3H2,1H3. The molecular weight excluding hydrogens is 182 g/mol. The van der Waals surface area contributed by atoms with Crippen LogP contribution in [0.15, 0.2) is 0 Å². The van der Waals surface area contributed by atoms with Crippen LogP contribution in [0.3, 0.4) is 0 Å². The number of rotatable bonds is 5. The first kappa shape index (κ1) is 15.6. The Morgan fingerprint density at radius 2 is 1.64 bits per heavy atom. The van der Waals surface area contributed by atoms with E-state index >= 15 is 0 Å². The monoisotopic (exact) mass is 203 g/mol. The van der Waals surface area contributed by atoms with Crippen molar-refractivity contribution in [2.45, 2.75) is 27.7 Å². The number of aldehydes is 1. The molecule has 14 heavy (non-hydrogen) atoms. The molecule has 0 rings (SSSR count). The molecular formula is C10H21NO3. The number of ether oxygens (including phenoxy) is 1. The minimum atomic E-state index is -0.424. The summed E-state index contributed by atoms with van der Waals surface area (Å²) in [6.07, 6.45) is 0.529. The normalized spacial score (nSPS) is 8.93. The van der Waals surface area contributed by atoms with Crippen molar-refractivity contribution in [3.8, 4) is 0 Å². The lowest BCUT2D eigenvalue weighted by Crippen LogP contribution is -2.21. The van der Waals surface area contributed by atoms with Gasteiger partial charge in [-0.15, -0.1) is 0 Å². The van der Waals surface area contributed by atoms with Gasteiger partial charge in [-0.05, 0) is 19.6 Å². The fourth-order valence-electron chi connectivity index (χ4n) is 0.822. The molecule has 0 saturated carbocycles. The van der Waals surface area contributed by atoms with Crippen molar-refractivity contribution in [1.82, 2.24) is 4.90 Å². The summed E-state index contributed by atoms with van der Waals surface area (Å²) in [5, 5.41) is 0. The van der Waals surface area contributed by atoms with Crippen molar-refractivity contribution >= 4 is 12.3 Å². The molecule has 0 radical (unpaired) electrons. The van der Waals surface area contributed by atoms with Crippen LogP contribution in [0.5, 0.6) is 0 Å². The summed E-state index contributed by atoms with van der Waals surface area (Å²) in [7, 11) is 0. The summed E-state index contributed by atoms with van der Waals surface area (Å²) in [6, 6.07) is 0. The van der Waals surface area contributed by atoms with Crippen LogP contribution in [0.4, 0.5) is 0 Å². The molecule has 0 aliphatic carbocycles. The third-order valence-electron chi connectivity index (χ3n) is 1.70. The summed E-state index contributed by atoms with van der Waals surface area (Å²) in [4.78, 5) is 21.6. The Morgan fingerprint density at radius 1 is 1.21 bits per heavy atom. The summed E-state index contributed by atoms with van der Waals surface area (Å²) in [6.45, 7) is 11.2. The van der Waals surface area contributed by atoms with E-state index in [1.165, 1.54) is 26.6 Å². The molecule has 4 nitrogen and oxygen atoms in total. The van der Waals surface area contributed by atoms with E-state index in [0.29, 0.717) is 6.29 Å². The highest BCUT2D eigenvalue weighted by Crippen LogP contribution is 1.81. The van der Waals surface area contributed by atoms with E-state index in [2.05, 4.69) is 30.4 Å². The smallest absolute Gasteiger partial charge is 0.303 e. The fourth-order valence-corrected chi connectivity index (χ4v) is 0.822. The third kappa shape index (κ3) is 13.7. The highest BCUT2D eigenvalue weighted by molar-refractivity contribution is 5.68. The first-order valence-corrected chi connectivity index (χ1v) is 4.91. The quantitative estimate of drug-likeness (QED) is 0.496. The van der Waals surface area contributed by atoms with Gasteiger partial charge in [-0.1, -0.05) is 20.8 Å². The Bertz CT molecular complexity index is 139. The molecule has 0 aliphatic rings. The molecule has 0 saturated heterocycles. The van der Waals surface area contributed by atoms with Crippen LogP contribution in [0, 0.1) is 0 Å². The van der Waals surface area contributed by atoms with Crippen molar-refractivity contribution < 1.29 is 14.3 Å².